The van der Waals surface area contributed by atoms with E-state index in [1.807, 2.05) is 6.92 Å². The lowest BCUT2D eigenvalue weighted by molar-refractivity contribution is 0.0951. The molecule has 0 aliphatic heterocycles. The molecule has 1 amide bonds. The second kappa shape index (κ2) is 5.25. The van der Waals surface area contributed by atoms with Crippen LogP contribution in [-0.4, -0.2) is 15.9 Å². The van der Waals surface area contributed by atoms with E-state index in [4.69, 9.17) is 11.6 Å². The number of pyridine rings is 1. The Morgan fingerprint density at radius 1 is 1.53 bits per heavy atom. The number of hydrogen-bond donors (Lipinski definition) is 1. The molecule has 2 aromatic rings. The van der Waals surface area contributed by atoms with Crippen LogP contribution in [0.4, 0.5) is 0 Å². The Morgan fingerprint density at radius 3 is 3.00 bits per heavy atom. The molecule has 0 atom stereocenters. The predicted octanol–water partition coefficient (Wildman–Crippen LogP) is 2.43. The number of carbonyl (C=O) groups excluding carboxylic acids is 1. The van der Waals surface area contributed by atoms with Crippen molar-refractivity contribution in [2.75, 3.05) is 0 Å². The number of halogens is 1. The normalized spacial score (nSPS) is 10.2. The molecule has 0 unspecified atom stereocenters. The highest BCUT2D eigenvalue weighted by molar-refractivity contribution is 7.11. The minimum atomic E-state index is -0.228. The first-order chi connectivity index (χ1) is 8.16. The lowest BCUT2D eigenvalue weighted by Gasteiger charge is -2.04. The molecule has 1 N–H and O–H groups in total. The highest BCUT2D eigenvalue weighted by atomic mass is 35.5. The van der Waals surface area contributed by atoms with Crippen molar-refractivity contribution in [2.24, 2.45) is 0 Å². The quantitative estimate of drug-likeness (QED) is 0.869. The van der Waals surface area contributed by atoms with E-state index >= 15 is 0 Å². The van der Waals surface area contributed by atoms with Crippen LogP contribution in [0.25, 0.3) is 0 Å². The first-order valence-electron chi connectivity index (χ1n) is 4.97. The second-order valence-corrected chi connectivity index (χ2v) is 5.05. The first kappa shape index (κ1) is 12.0. The zero-order valence-corrected chi connectivity index (χ0v) is 10.7. The fourth-order valence-electron chi connectivity index (χ4n) is 1.31. The number of nitrogens with one attached hydrogen (secondary N) is 1. The average Bonchev–Trinajstić information content (AvgIpc) is 2.73. The molecule has 0 aliphatic rings. The number of thiazole rings is 1. The van der Waals surface area contributed by atoms with Gasteiger partial charge in [0.05, 0.1) is 17.1 Å². The zero-order valence-electron chi connectivity index (χ0n) is 9.11. The number of aromatic nitrogens is 2. The van der Waals surface area contributed by atoms with Crippen LogP contribution in [0.3, 0.4) is 0 Å². The molecular weight excluding hydrogens is 258 g/mol. The maximum Gasteiger partial charge on any atom is 0.254 e. The van der Waals surface area contributed by atoms with Crippen LogP contribution >= 0.6 is 22.9 Å². The highest BCUT2D eigenvalue weighted by Gasteiger charge is 2.10. The fraction of sp³-hybridized carbons (Fsp3) is 0.182. The van der Waals surface area contributed by atoms with Gasteiger partial charge >= 0.3 is 0 Å². The van der Waals surface area contributed by atoms with Crippen molar-refractivity contribution < 1.29 is 4.79 Å². The van der Waals surface area contributed by atoms with Crippen LogP contribution in [0.2, 0.25) is 5.15 Å². The van der Waals surface area contributed by atoms with Crippen LogP contribution in [0.5, 0.6) is 0 Å². The van der Waals surface area contributed by atoms with Gasteiger partial charge in [0.2, 0.25) is 0 Å². The van der Waals surface area contributed by atoms with Gasteiger partial charge in [0.1, 0.15) is 5.15 Å². The van der Waals surface area contributed by atoms with E-state index in [1.165, 1.54) is 0 Å². The third kappa shape index (κ3) is 3.01. The smallest absolute Gasteiger partial charge is 0.254 e. The molecule has 6 heteroatoms. The van der Waals surface area contributed by atoms with Gasteiger partial charge in [-0.2, -0.15) is 0 Å². The summed E-state index contributed by atoms with van der Waals surface area (Å²) in [4.78, 5) is 20.8. The monoisotopic (exact) mass is 267 g/mol. The predicted molar refractivity (Wildman–Crippen MR) is 67.3 cm³/mol. The average molecular weight is 268 g/mol. The van der Waals surface area contributed by atoms with Crippen molar-refractivity contribution >= 4 is 28.8 Å². The summed E-state index contributed by atoms with van der Waals surface area (Å²) in [5.74, 6) is -0.228. The Balaban J connectivity index is 2.01. The van der Waals surface area contributed by atoms with Crippen LogP contribution < -0.4 is 5.32 Å². The molecule has 88 valence electrons. The number of rotatable bonds is 3. The van der Waals surface area contributed by atoms with Gasteiger partial charge in [-0.1, -0.05) is 11.6 Å². The summed E-state index contributed by atoms with van der Waals surface area (Å²) in [7, 11) is 0. The Kier molecular flexibility index (Phi) is 3.71. The molecule has 0 spiro atoms. The fourth-order valence-corrected chi connectivity index (χ4v) is 2.24. The minimum absolute atomic E-state index is 0.213. The van der Waals surface area contributed by atoms with Crippen molar-refractivity contribution in [2.45, 2.75) is 13.5 Å². The van der Waals surface area contributed by atoms with Crippen molar-refractivity contribution in [3.05, 3.63) is 45.1 Å². The molecule has 0 fully saturated rings. The summed E-state index contributed by atoms with van der Waals surface area (Å²) in [5, 5.41) is 3.97. The topological polar surface area (TPSA) is 54.9 Å². The number of nitrogens with zero attached hydrogens (tertiary/aromatic N) is 2. The minimum Gasteiger partial charge on any atom is -0.347 e. The molecule has 0 aromatic carbocycles. The van der Waals surface area contributed by atoms with Gasteiger partial charge in [0.15, 0.2) is 0 Å². The number of hydrogen-bond acceptors (Lipinski definition) is 4. The number of amides is 1. The zero-order chi connectivity index (χ0) is 12.3. The van der Waals surface area contributed by atoms with Gasteiger partial charge in [-0.25, -0.2) is 9.97 Å². The summed E-state index contributed by atoms with van der Waals surface area (Å²) in [6.45, 7) is 2.38. The van der Waals surface area contributed by atoms with Crippen LogP contribution in [0.1, 0.15) is 20.2 Å². The molecule has 17 heavy (non-hydrogen) atoms. The third-order valence-corrected chi connectivity index (χ3v) is 3.31. The van der Waals surface area contributed by atoms with Gasteiger partial charge in [-0.05, 0) is 19.1 Å². The van der Waals surface area contributed by atoms with E-state index in [0.717, 1.165) is 9.88 Å². The SMILES string of the molecule is Cc1ncc(CNC(=O)c2cccnc2Cl)s1. The van der Waals surface area contributed by atoms with Gasteiger partial charge in [0.25, 0.3) is 5.91 Å². The molecule has 0 radical (unpaired) electrons. The molecule has 0 aliphatic carbocycles. The Bertz CT molecular complexity index is 541. The van der Waals surface area contributed by atoms with Crippen molar-refractivity contribution in [3.63, 3.8) is 0 Å². The second-order valence-electron chi connectivity index (χ2n) is 3.37. The maximum absolute atomic E-state index is 11.8. The first-order valence-corrected chi connectivity index (χ1v) is 6.16. The van der Waals surface area contributed by atoms with Crippen LogP contribution in [0.15, 0.2) is 24.5 Å². The van der Waals surface area contributed by atoms with Gasteiger partial charge in [0, 0.05) is 17.3 Å². The summed E-state index contributed by atoms with van der Waals surface area (Å²) in [5.41, 5.74) is 0.385. The molecule has 2 heterocycles. The Hall–Kier alpha value is -1.46. The molecule has 4 nitrogen and oxygen atoms in total. The van der Waals surface area contributed by atoms with Crippen molar-refractivity contribution in [1.29, 1.82) is 0 Å². The van der Waals surface area contributed by atoms with E-state index in [0.29, 0.717) is 12.1 Å². The molecule has 2 rings (SSSR count). The Labute approximate surface area is 108 Å². The molecule has 0 saturated heterocycles. The maximum atomic E-state index is 11.8. The summed E-state index contributed by atoms with van der Waals surface area (Å²) >= 11 is 7.38. The van der Waals surface area contributed by atoms with Crippen LogP contribution in [-0.2, 0) is 6.54 Å². The van der Waals surface area contributed by atoms with Crippen molar-refractivity contribution in [3.8, 4) is 0 Å². The molecular formula is C11H10ClN3OS. The van der Waals surface area contributed by atoms with Crippen molar-refractivity contribution in [1.82, 2.24) is 15.3 Å². The molecule has 0 saturated carbocycles. The van der Waals surface area contributed by atoms with Gasteiger partial charge < -0.3 is 5.32 Å². The summed E-state index contributed by atoms with van der Waals surface area (Å²) in [6, 6.07) is 3.32. The largest absolute Gasteiger partial charge is 0.347 e. The Morgan fingerprint density at radius 2 is 2.35 bits per heavy atom. The van der Waals surface area contributed by atoms with E-state index in [9.17, 15) is 4.79 Å². The van der Waals surface area contributed by atoms with Gasteiger partial charge in [-0.15, -0.1) is 11.3 Å². The van der Waals surface area contributed by atoms with Gasteiger partial charge in [-0.3, -0.25) is 4.79 Å². The van der Waals surface area contributed by atoms with E-state index < -0.39 is 0 Å². The van der Waals surface area contributed by atoms with E-state index in [-0.39, 0.29) is 11.1 Å². The molecule has 0 bridgehead atoms. The molecule has 2 aromatic heterocycles. The lowest BCUT2D eigenvalue weighted by atomic mass is 10.2. The van der Waals surface area contributed by atoms with Crippen LogP contribution in [0, 0.1) is 6.92 Å². The van der Waals surface area contributed by atoms with E-state index in [2.05, 4.69) is 15.3 Å². The summed E-state index contributed by atoms with van der Waals surface area (Å²) < 4.78 is 0. The lowest BCUT2D eigenvalue weighted by Crippen LogP contribution is -2.22. The summed E-state index contributed by atoms with van der Waals surface area (Å²) in [6.07, 6.45) is 3.30. The number of carbonyl (C=O) groups is 1. The third-order valence-electron chi connectivity index (χ3n) is 2.10. The highest BCUT2D eigenvalue weighted by Crippen LogP contribution is 2.13. The van der Waals surface area contributed by atoms with E-state index in [1.54, 1.807) is 35.9 Å². The standard InChI is InChI=1S/C11H10ClN3OS/c1-7-14-5-8(17-7)6-15-11(16)9-3-2-4-13-10(9)12/h2-5H,6H2,1H3,(H,15,16). The number of aryl methyl sites for hydroxylation is 1.